The summed E-state index contributed by atoms with van der Waals surface area (Å²) in [7, 11) is 0. The molecular weight excluding hydrogens is 148 g/mol. The second-order valence-electron chi connectivity index (χ2n) is 2.49. The second-order valence-corrected chi connectivity index (χ2v) is 2.49. The number of rotatable bonds is 0. The van der Waals surface area contributed by atoms with E-state index in [0.717, 1.165) is 10.8 Å². The first-order chi connectivity index (χ1) is 5.92. The number of pyridine rings is 1. The third-order valence-electron chi connectivity index (χ3n) is 1.78. The van der Waals surface area contributed by atoms with Gasteiger partial charge in [-0.05, 0) is 16.8 Å². The normalized spacial score (nSPS) is 9.58. The molecule has 0 atom stereocenters. The first kappa shape index (κ1) is 6.81. The van der Waals surface area contributed by atoms with Crippen molar-refractivity contribution in [1.29, 1.82) is 0 Å². The van der Waals surface area contributed by atoms with Crippen molar-refractivity contribution in [1.82, 2.24) is 4.98 Å². The first-order valence-electron chi connectivity index (χ1n) is 3.62. The summed E-state index contributed by atoms with van der Waals surface area (Å²) in [6.45, 7) is 6.93. The molecule has 2 heteroatoms. The Bertz CT molecular complexity index is 449. The van der Waals surface area contributed by atoms with Gasteiger partial charge in [0.1, 0.15) is 0 Å². The van der Waals surface area contributed by atoms with Crippen molar-refractivity contribution in [2.45, 2.75) is 0 Å². The minimum Gasteiger partial charge on any atom is -0.264 e. The number of hydrogen-bond donors (Lipinski definition) is 0. The number of benzene rings is 1. The lowest BCUT2D eigenvalue weighted by Crippen LogP contribution is -1.73. The van der Waals surface area contributed by atoms with E-state index in [2.05, 4.69) is 9.83 Å². The van der Waals surface area contributed by atoms with Crippen LogP contribution in [0.15, 0.2) is 36.7 Å². The highest BCUT2D eigenvalue weighted by atomic mass is 14.7. The minimum absolute atomic E-state index is 0.690. The molecule has 0 spiro atoms. The molecule has 0 aliphatic rings. The Morgan fingerprint density at radius 3 is 3.00 bits per heavy atom. The van der Waals surface area contributed by atoms with Crippen molar-refractivity contribution in [3.8, 4) is 0 Å². The van der Waals surface area contributed by atoms with Gasteiger partial charge >= 0.3 is 0 Å². The third kappa shape index (κ3) is 0.923. The molecule has 0 saturated heterocycles. The van der Waals surface area contributed by atoms with Crippen LogP contribution in [0.25, 0.3) is 15.6 Å². The molecule has 0 N–H and O–H groups in total. The molecule has 0 bridgehead atoms. The van der Waals surface area contributed by atoms with Crippen LogP contribution in [0.5, 0.6) is 0 Å². The van der Waals surface area contributed by atoms with Crippen molar-refractivity contribution < 1.29 is 0 Å². The summed E-state index contributed by atoms with van der Waals surface area (Å²) in [6, 6.07) is 7.51. The van der Waals surface area contributed by atoms with Crippen LogP contribution in [0.4, 0.5) is 5.69 Å². The van der Waals surface area contributed by atoms with Crippen LogP contribution in [0, 0.1) is 6.57 Å². The Balaban J connectivity index is 2.91. The average molecular weight is 154 g/mol. The van der Waals surface area contributed by atoms with E-state index >= 15 is 0 Å². The fourth-order valence-electron chi connectivity index (χ4n) is 1.20. The summed E-state index contributed by atoms with van der Waals surface area (Å²) in [5, 5.41) is 1.99. The lowest BCUT2D eigenvalue weighted by atomic mass is 10.1. The van der Waals surface area contributed by atoms with E-state index in [4.69, 9.17) is 6.57 Å². The summed E-state index contributed by atoms with van der Waals surface area (Å²) < 4.78 is 0. The predicted molar refractivity (Wildman–Crippen MR) is 48.0 cm³/mol. The highest BCUT2D eigenvalue weighted by Crippen LogP contribution is 2.24. The van der Waals surface area contributed by atoms with E-state index in [1.807, 2.05) is 24.3 Å². The van der Waals surface area contributed by atoms with Gasteiger partial charge in [0.05, 0.1) is 6.57 Å². The van der Waals surface area contributed by atoms with Crippen LogP contribution in [0.1, 0.15) is 0 Å². The molecule has 0 fully saturated rings. The SMILES string of the molecule is [C-]#[N+]c1cccc2cnccc12. The molecular formula is C10H6N2. The van der Waals surface area contributed by atoms with Gasteiger partial charge in [0, 0.05) is 12.4 Å². The molecule has 0 radical (unpaired) electrons. The Morgan fingerprint density at radius 2 is 2.17 bits per heavy atom. The van der Waals surface area contributed by atoms with Crippen LogP contribution in [0.3, 0.4) is 0 Å². The van der Waals surface area contributed by atoms with Gasteiger partial charge in [0.15, 0.2) is 5.69 Å². The molecule has 2 aromatic rings. The highest BCUT2D eigenvalue weighted by molar-refractivity contribution is 5.93. The molecule has 1 heterocycles. The van der Waals surface area contributed by atoms with Gasteiger partial charge in [0.25, 0.3) is 0 Å². The van der Waals surface area contributed by atoms with Gasteiger partial charge < -0.3 is 0 Å². The fourth-order valence-corrected chi connectivity index (χ4v) is 1.20. The van der Waals surface area contributed by atoms with Crippen molar-refractivity contribution in [3.05, 3.63) is 48.1 Å². The Hall–Kier alpha value is -1.88. The first-order valence-corrected chi connectivity index (χ1v) is 3.62. The van der Waals surface area contributed by atoms with Gasteiger partial charge in [-0.15, -0.1) is 0 Å². The molecule has 0 saturated carbocycles. The van der Waals surface area contributed by atoms with Crippen LogP contribution < -0.4 is 0 Å². The fraction of sp³-hybridized carbons (Fsp3) is 0. The smallest absolute Gasteiger partial charge is 0.195 e. The standard InChI is InChI=1S/C10H6N2/c1-11-10-4-2-3-8-7-12-6-5-9(8)10/h2-7H. The molecule has 0 unspecified atom stereocenters. The number of aromatic nitrogens is 1. The van der Waals surface area contributed by atoms with E-state index in [0.29, 0.717) is 5.69 Å². The predicted octanol–water partition coefficient (Wildman–Crippen LogP) is 2.79. The van der Waals surface area contributed by atoms with Crippen LogP contribution in [-0.2, 0) is 0 Å². The summed E-state index contributed by atoms with van der Waals surface area (Å²) in [4.78, 5) is 7.41. The zero-order valence-electron chi connectivity index (χ0n) is 6.36. The second kappa shape index (κ2) is 2.63. The van der Waals surface area contributed by atoms with E-state index < -0.39 is 0 Å². The monoisotopic (exact) mass is 154 g/mol. The van der Waals surface area contributed by atoms with Crippen LogP contribution in [-0.4, -0.2) is 4.98 Å². The Kier molecular flexibility index (Phi) is 1.49. The van der Waals surface area contributed by atoms with E-state index in [-0.39, 0.29) is 0 Å². The van der Waals surface area contributed by atoms with Crippen LogP contribution >= 0.6 is 0 Å². The summed E-state index contributed by atoms with van der Waals surface area (Å²) in [5.41, 5.74) is 0.690. The number of hydrogen-bond acceptors (Lipinski definition) is 1. The van der Waals surface area contributed by atoms with Crippen molar-refractivity contribution in [3.63, 3.8) is 0 Å². The quantitative estimate of drug-likeness (QED) is 0.533. The molecule has 1 aromatic heterocycles. The molecule has 12 heavy (non-hydrogen) atoms. The number of nitrogens with zero attached hydrogens (tertiary/aromatic N) is 2. The van der Waals surface area contributed by atoms with Gasteiger partial charge in [0.2, 0.25) is 0 Å². The van der Waals surface area contributed by atoms with Gasteiger partial charge in [-0.2, -0.15) is 0 Å². The van der Waals surface area contributed by atoms with E-state index in [9.17, 15) is 0 Å². The topological polar surface area (TPSA) is 17.2 Å². The van der Waals surface area contributed by atoms with E-state index in [1.54, 1.807) is 12.4 Å². The lowest BCUT2D eigenvalue weighted by Gasteiger charge is -1.96. The largest absolute Gasteiger partial charge is 0.264 e. The maximum Gasteiger partial charge on any atom is 0.195 e. The lowest BCUT2D eigenvalue weighted by molar-refractivity contribution is 1.37. The Labute approximate surface area is 70.3 Å². The molecule has 2 rings (SSSR count). The van der Waals surface area contributed by atoms with Crippen LogP contribution in [0.2, 0.25) is 0 Å². The summed E-state index contributed by atoms with van der Waals surface area (Å²) in [6.07, 6.45) is 3.47. The highest BCUT2D eigenvalue weighted by Gasteiger charge is 1.97. The summed E-state index contributed by atoms with van der Waals surface area (Å²) >= 11 is 0. The zero-order valence-corrected chi connectivity index (χ0v) is 6.36. The third-order valence-corrected chi connectivity index (χ3v) is 1.78. The van der Waals surface area contributed by atoms with Gasteiger partial charge in [-0.3, -0.25) is 4.98 Å². The minimum atomic E-state index is 0.690. The molecule has 0 aliphatic heterocycles. The number of fused-ring (bicyclic) bond motifs is 1. The molecule has 56 valence electrons. The molecule has 0 aliphatic carbocycles. The van der Waals surface area contributed by atoms with Crippen molar-refractivity contribution in [2.24, 2.45) is 0 Å². The molecule has 2 nitrogen and oxygen atoms in total. The van der Waals surface area contributed by atoms with Gasteiger partial charge in [-0.1, -0.05) is 18.2 Å². The van der Waals surface area contributed by atoms with Crippen molar-refractivity contribution >= 4 is 16.5 Å². The molecule has 1 aromatic carbocycles. The summed E-state index contributed by atoms with van der Waals surface area (Å²) in [5.74, 6) is 0. The van der Waals surface area contributed by atoms with Crippen molar-refractivity contribution in [2.75, 3.05) is 0 Å². The van der Waals surface area contributed by atoms with E-state index in [1.165, 1.54) is 0 Å². The maximum atomic E-state index is 6.93. The molecule has 0 amide bonds. The Morgan fingerprint density at radius 1 is 1.25 bits per heavy atom. The van der Waals surface area contributed by atoms with Gasteiger partial charge in [-0.25, -0.2) is 4.85 Å². The zero-order chi connectivity index (χ0) is 8.39. The average Bonchev–Trinajstić information content (AvgIpc) is 2.17. The maximum absolute atomic E-state index is 6.93.